The van der Waals surface area contributed by atoms with Gasteiger partial charge in [-0.15, -0.1) is 10.1 Å². The molecule has 0 radical (unpaired) electrons. The summed E-state index contributed by atoms with van der Waals surface area (Å²) >= 11 is 0. The summed E-state index contributed by atoms with van der Waals surface area (Å²) < 4.78 is 0. The molecule has 0 aromatic heterocycles. The minimum atomic E-state index is -0.327. The Labute approximate surface area is 249 Å². The lowest BCUT2D eigenvalue weighted by Gasteiger charge is -2.41. The van der Waals surface area contributed by atoms with Gasteiger partial charge in [-0.3, -0.25) is 0 Å². The van der Waals surface area contributed by atoms with E-state index in [1.54, 1.807) is 0 Å². The van der Waals surface area contributed by atoms with E-state index in [1.165, 1.54) is 22.3 Å². The van der Waals surface area contributed by atoms with Crippen LogP contribution in [0.5, 0.6) is 11.5 Å². The molecule has 0 bridgehead atoms. The van der Waals surface area contributed by atoms with Crippen molar-refractivity contribution in [3.63, 3.8) is 0 Å². The Morgan fingerprint density at radius 2 is 0.571 bits per heavy atom. The first kappa shape index (κ1) is 27.0. The van der Waals surface area contributed by atoms with Gasteiger partial charge in [0, 0.05) is 21.5 Å². The van der Waals surface area contributed by atoms with E-state index in [2.05, 4.69) is 163 Å². The molecule has 2 heterocycles. The second kappa shape index (κ2) is 8.82. The molecule has 42 heavy (non-hydrogen) atoms. The predicted octanol–water partition coefficient (Wildman–Crippen LogP) is 9.55. The highest BCUT2D eigenvalue weighted by Gasteiger charge is 2.53. The van der Waals surface area contributed by atoms with Crippen molar-refractivity contribution in [1.29, 1.82) is 0 Å². The van der Waals surface area contributed by atoms with Gasteiger partial charge in [-0.05, 0) is 77.6 Å². The summed E-state index contributed by atoms with van der Waals surface area (Å²) in [5.41, 5.74) is 3.87. The molecule has 0 atom stereocenters. The number of hydrogen-bond donors (Lipinski definition) is 0. The minimum Gasteiger partial charge on any atom is -0.403 e. The third-order valence-electron chi connectivity index (χ3n) is 9.72. The van der Waals surface area contributed by atoms with E-state index in [9.17, 15) is 0 Å². The Kier molecular flexibility index (Phi) is 5.67. The lowest BCUT2D eigenvalue weighted by molar-refractivity contribution is -0.188. The lowest BCUT2D eigenvalue weighted by Crippen LogP contribution is -2.48. The summed E-state index contributed by atoms with van der Waals surface area (Å²) in [6, 6.07) is 34.4. The van der Waals surface area contributed by atoms with Crippen LogP contribution in [0.1, 0.15) is 77.6 Å². The van der Waals surface area contributed by atoms with Crippen molar-refractivity contribution in [2.24, 2.45) is 0 Å². The summed E-state index contributed by atoms with van der Waals surface area (Å²) in [6.07, 6.45) is 0. The summed E-state index contributed by atoms with van der Waals surface area (Å²) in [6.45, 7) is 18.0. The van der Waals surface area contributed by atoms with Crippen molar-refractivity contribution in [2.45, 2.75) is 77.5 Å². The number of hydroxylamine groups is 4. The Balaban J connectivity index is 1.41. The van der Waals surface area contributed by atoms with E-state index in [0.29, 0.717) is 0 Å². The molecule has 0 spiro atoms. The molecule has 0 saturated heterocycles. The van der Waals surface area contributed by atoms with E-state index in [-0.39, 0.29) is 22.2 Å². The maximum absolute atomic E-state index is 7.14. The van der Waals surface area contributed by atoms with Crippen molar-refractivity contribution in [3.8, 4) is 11.5 Å². The maximum Gasteiger partial charge on any atom is 0.163 e. The van der Waals surface area contributed by atoms with Crippen molar-refractivity contribution < 1.29 is 9.68 Å². The Hall–Kier alpha value is -3.86. The van der Waals surface area contributed by atoms with Gasteiger partial charge in [-0.1, -0.05) is 97.1 Å². The van der Waals surface area contributed by atoms with Crippen LogP contribution >= 0.6 is 0 Å². The topological polar surface area (TPSA) is 24.9 Å². The molecule has 7 rings (SSSR count). The third-order valence-corrected chi connectivity index (χ3v) is 9.72. The van der Waals surface area contributed by atoms with E-state index in [4.69, 9.17) is 9.68 Å². The fourth-order valence-corrected chi connectivity index (χ4v) is 7.82. The smallest absolute Gasteiger partial charge is 0.163 e. The van der Waals surface area contributed by atoms with Gasteiger partial charge in [0.15, 0.2) is 11.5 Å². The zero-order valence-electron chi connectivity index (χ0n) is 25.9. The standard InChI is InChI=1S/C38H40N2O2/c1-35(2)29-21-13-14-22-30(29)36(3,4)39(35)41-33-25-17-9-11-19-27(25)34(28-20-12-10-18-26(28)33)42-40-37(5,6)31-23-15-16-24-32(31)38(40,7)8/h9-24H,1-8H3. The van der Waals surface area contributed by atoms with Gasteiger partial charge in [-0.25, -0.2) is 0 Å². The Morgan fingerprint density at radius 3 is 0.810 bits per heavy atom. The molecule has 0 amide bonds. The van der Waals surface area contributed by atoms with Gasteiger partial charge < -0.3 is 9.68 Å². The zero-order valence-corrected chi connectivity index (χ0v) is 25.9. The Bertz CT molecular complexity index is 1600. The van der Waals surface area contributed by atoms with Gasteiger partial charge in [0.2, 0.25) is 0 Å². The third kappa shape index (κ3) is 3.55. The number of hydrogen-bond acceptors (Lipinski definition) is 4. The van der Waals surface area contributed by atoms with Crippen molar-refractivity contribution in [2.75, 3.05) is 0 Å². The Morgan fingerprint density at radius 1 is 0.357 bits per heavy atom. The second-order valence-electron chi connectivity index (χ2n) is 13.8. The van der Waals surface area contributed by atoms with Crippen LogP contribution in [0, 0.1) is 0 Å². The fourth-order valence-electron chi connectivity index (χ4n) is 7.82. The van der Waals surface area contributed by atoms with Gasteiger partial charge in [0.1, 0.15) is 0 Å². The quantitative estimate of drug-likeness (QED) is 0.206. The number of benzene rings is 5. The molecule has 214 valence electrons. The van der Waals surface area contributed by atoms with Crippen LogP contribution < -0.4 is 9.68 Å². The van der Waals surface area contributed by atoms with Crippen LogP contribution in [0.4, 0.5) is 0 Å². The monoisotopic (exact) mass is 556 g/mol. The summed E-state index contributed by atoms with van der Waals surface area (Å²) in [5.74, 6) is 1.71. The average Bonchev–Trinajstić information content (AvgIpc) is 3.23. The molecule has 0 unspecified atom stereocenters. The molecular weight excluding hydrogens is 516 g/mol. The van der Waals surface area contributed by atoms with Gasteiger partial charge >= 0.3 is 0 Å². The molecule has 4 nitrogen and oxygen atoms in total. The van der Waals surface area contributed by atoms with Crippen molar-refractivity contribution >= 4 is 21.5 Å². The van der Waals surface area contributed by atoms with E-state index in [0.717, 1.165) is 33.0 Å². The fraction of sp³-hybridized carbons (Fsp3) is 0.316. The first-order valence-corrected chi connectivity index (χ1v) is 15.0. The molecule has 4 heteroatoms. The van der Waals surface area contributed by atoms with E-state index in [1.807, 2.05) is 0 Å². The molecule has 2 aliphatic heterocycles. The van der Waals surface area contributed by atoms with Gasteiger partial charge in [0.05, 0.1) is 22.2 Å². The highest BCUT2D eigenvalue weighted by atomic mass is 16.7. The van der Waals surface area contributed by atoms with Gasteiger partial charge in [0.25, 0.3) is 0 Å². The number of nitrogens with zero attached hydrogens (tertiary/aromatic N) is 2. The average molecular weight is 557 g/mol. The number of rotatable bonds is 4. The van der Waals surface area contributed by atoms with Crippen molar-refractivity contribution in [3.05, 3.63) is 119 Å². The lowest BCUT2D eigenvalue weighted by atomic mass is 9.91. The second-order valence-corrected chi connectivity index (χ2v) is 13.8. The summed E-state index contributed by atoms with van der Waals surface area (Å²) in [5, 5.41) is 8.48. The highest BCUT2D eigenvalue weighted by molar-refractivity contribution is 6.11. The predicted molar refractivity (Wildman–Crippen MR) is 171 cm³/mol. The normalized spacial score (nSPS) is 20.0. The molecule has 5 aromatic rings. The van der Waals surface area contributed by atoms with Crippen LogP contribution in [0.2, 0.25) is 0 Å². The summed E-state index contributed by atoms with van der Waals surface area (Å²) in [7, 11) is 0. The first-order chi connectivity index (χ1) is 19.9. The molecular formula is C38H40N2O2. The van der Waals surface area contributed by atoms with Gasteiger partial charge in [-0.2, -0.15) is 0 Å². The molecule has 2 aliphatic rings. The molecule has 5 aromatic carbocycles. The largest absolute Gasteiger partial charge is 0.403 e. The molecule has 0 aliphatic carbocycles. The number of fused-ring (bicyclic) bond motifs is 4. The molecule has 0 saturated carbocycles. The van der Waals surface area contributed by atoms with Crippen LogP contribution in [0.25, 0.3) is 21.5 Å². The summed E-state index contributed by atoms with van der Waals surface area (Å²) in [4.78, 5) is 14.3. The van der Waals surface area contributed by atoms with Crippen molar-refractivity contribution in [1.82, 2.24) is 10.1 Å². The van der Waals surface area contributed by atoms with E-state index >= 15 is 0 Å². The first-order valence-electron chi connectivity index (χ1n) is 15.0. The van der Waals surface area contributed by atoms with Crippen LogP contribution in [-0.2, 0) is 22.2 Å². The minimum absolute atomic E-state index is 0.327. The highest BCUT2D eigenvalue weighted by Crippen LogP contribution is 2.54. The van der Waals surface area contributed by atoms with E-state index < -0.39 is 0 Å². The molecule has 0 N–H and O–H groups in total. The van der Waals surface area contributed by atoms with Crippen LogP contribution in [0.3, 0.4) is 0 Å². The molecule has 0 fully saturated rings. The van der Waals surface area contributed by atoms with Crippen LogP contribution in [0.15, 0.2) is 97.1 Å². The SMILES string of the molecule is CC1(C)c2ccccc2C(C)(C)N1Oc1c2ccccc2c(ON2C(C)(C)c3ccccc3C2(C)C)c2ccccc12. The van der Waals surface area contributed by atoms with Crippen LogP contribution in [-0.4, -0.2) is 10.1 Å². The zero-order chi connectivity index (χ0) is 29.7. The maximum atomic E-state index is 7.14.